The quantitative estimate of drug-likeness (QED) is 0.681. The molecule has 1 atom stereocenters. The predicted octanol–water partition coefficient (Wildman–Crippen LogP) is 4.67. The molecule has 4 rings (SSSR count). The van der Waals surface area contributed by atoms with E-state index in [0.29, 0.717) is 6.61 Å². The number of ether oxygens (including phenoxy) is 2. The summed E-state index contributed by atoms with van der Waals surface area (Å²) in [6, 6.07) is 18.0. The van der Waals surface area contributed by atoms with Gasteiger partial charge in [0, 0.05) is 40.9 Å². The van der Waals surface area contributed by atoms with E-state index >= 15 is 0 Å². The summed E-state index contributed by atoms with van der Waals surface area (Å²) < 4.78 is 13.3. The zero-order valence-electron chi connectivity index (χ0n) is 13.9. The van der Waals surface area contributed by atoms with Gasteiger partial charge in [-0.15, -0.1) is 0 Å². The van der Waals surface area contributed by atoms with E-state index < -0.39 is 0 Å². The van der Waals surface area contributed by atoms with Gasteiger partial charge in [-0.3, -0.25) is 0 Å². The lowest BCUT2D eigenvalue weighted by molar-refractivity contribution is 0.114. The first-order valence-corrected chi connectivity index (χ1v) is 8.58. The van der Waals surface area contributed by atoms with E-state index in [4.69, 9.17) is 21.1 Å². The Kier molecular flexibility index (Phi) is 4.38. The largest absolute Gasteiger partial charge is 0.497 e. The summed E-state index contributed by atoms with van der Waals surface area (Å²) in [7, 11) is 1.68. The number of aromatic nitrogens is 1. The highest BCUT2D eigenvalue weighted by Gasteiger charge is 2.28. The van der Waals surface area contributed by atoms with E-state index in [1.54, 1.807) is 7.11 Å². The molecule has 1 aliphatic heterocycles. The van der Waals surface area contributed by atoms with Crippen LogP contribution in [0.5, 0.6) is 5.75 Å². The summed E-state index contributed by atoms with van der Waals surface area (Å²) in [6.45, 7) is 1.57. The Balaban J connectivity index is 1.60. The maximum Gasteiger partial charge on any atom is 0.158 e. The second-order valence-corrected chi connectivity index (χ2v) is 6.38. The molecule has 0 radical (unpaired) electrons. The summed E-state index contributed by atoms with van der Waals surface area (Å²) in [5, 5.41) is 0.727. The molecule has 0 N–H and O–H groups in total. The molecule has 2 heterocycles. The Bertz CT molecular complexity index is 860. The minimum Gasteiger partial charge on any atom is -0.497 e. The average Bonchev–Trinajstić information content (AvgIpc) is 3.31. The first kappa shape index (κ1) is 16.1. The molecule has 1 unspecified atom stereocenters. The van der Waals surface area contributed by atoms with E-state index in [9.17, 15) is 0 Å². The Morgan fingerprint density at radius 3 is 2.68 bits per heavy atom. The van der Waals surface area contributed by atoms with Crippen LogP contribution < -0.4 is 9.64 Å². The molecule has 2 aromatic carbocycles. The Labute approximate surface area is 152 Å². The molecule has 25 heavy (non-hydrogen) atoms. The third kappa shape index (κ3) is 3.23. The summed E-state index contributed by atoms with van der Waals surface area (Å²) >= 11 is 6.10. The lowest BCUT2D eigenvalue weighted by Crippen LogP contribution is -2.22. The molecule has 0 amide bonds. The average molecular weight is 355 g/mol. The number of hydrogen-bond donors (Lipinski definition) is 0. The molecule has 0 saturated carbocycles. The van der Waals surface area contributed by atoms with E-state index in [0.717, 1.165) is 34.3 Å². The third-order valence-corrected chi connectivity index (χ3v) is 4.64. The molecular formula is C20H19ClN2O2. The van der Waals surface area contributed by atoms with Crippen molar-refractivity contribution < 1.29 is 9.47 Å². The summed E-state index contributed by atoms with van der Waals surface area (Å²) in [4.78, 5) is 2.26. The Morgan fingerprint density at radius 2 is 1.92 bits per heavy atom. The molecule has 1 fully saturated rings. The maximum atomic E-state index is 6.10. The van der Waals surface area contributed by atoms with Crippen LogP contribution in [0, 0.1) is 0 Å². The number of hydrogen-bond acceptors (Lipinski definition) is 3. The van der Waals surface area contributed by atoms with Crippen LogP contribution in [-0.4, -0.2) is 24.8 Å². The standard InChI is InChI=1S/C20H19ClN2O2/c1-24-19-7-5-17(6-8-19)23-11-12-25-20(23)15-9-10-22(14-15)18-4-2-3-16(21)13-18/h2-10,13-14,20H,11-12H2,1H3. The van der Waals surface area contributed by atoms with Gasteiger partial charge in [-0.2, -0.15) is 0 Å². The van der Waals surface area contributed by atoms with Crippen LogP contribution in [0.1, 0.15) is 11.8 Å². The lowest BCUT2D eigenvalue weighted by atomic mass is 10.2. The zero-order valence-corrected chi connectivity index (χ0v) is 14.7. The Hall–Kier alpha value is -2.43. The minimum atomic E-state index is -0.0890. The minimum absolute atomic E-state index is 0.0890. The van der Waals surface area contributed by atoms with E-state index in [1.165, 1.54) is 0 Å². The molecule has 0 spiro atoms. The molecule has 5 heteroatoms. The van der Waals surface area contributed by atoms with Crippen molar-refractivity contribution in [1.82, 2.24) is 4.57 Å². The van der Waals surface area contributed by atoms with Crippen LogP contribution in [0.15, 0.2) is 67.0 Å². The van der Waals surface area contributed by atoms with Crippen LogP contribution in [0.4, 0.5) is 5.69 Å². The molecule has 3 aromatic rings. The monoisotopic (exact) mass is 354 g/mol. The molecule has 1 saturated heterocycles. The van der Waals surface area contributed by atoms with Crippen molar-refractivity contribution in [2.75, 3.05) is 25.2 Å². The number of benzene rings is 2. The molecule has 4 nitrogen and oxygen atoms in total. The Morgan fingerprint density at radius 1 is 1.08 bits per heavy atom. The lowest BCUT2D eigenvalue weighted by Gasteiger charge is -2.24. The van der Waals surface area contributed by atoms with E-state index in [1.807, 2.05) is 42.6 Å². The van der Waals surface area contributed by atoms with Gasteiger partial charge in [0.25, 0.3) is 0 Å². The van der Waals surface area contributed by atoms with Crippen molar-refractivity contribution in [1.29, 1.82) is 0 Å². The van der Waals surface area contributed by atoms with Crippen molar-refractivity contribution in [2.45, 2.75) is 6.23 Å². The molecule has 128 valence electrons. The van der Waals surface area contributed by atoms with Crippen LogP contribution >= 0.6 is 11.6 Å². The van der Waals surface area contributed by atoms with Gasteiger partial charge >= 0.3 is 0 Å². The predicted molar refractivity (Wildman–Crippen MR) is 99.8 cm³/mol. The summed E-state index contributed by atoms with van der Waals surface area (Å²) in [5.74, 6) is 0.854. The van der Waals surface area contributed by atoms with Crippen molar-refractivity contribution in [3.8, 4) is 11.4 Å². The number of halogens is 1. The first-order valence-electron chi connectivity index (χ1n) is 8.21. The summed E-state index contributed by atoms with van der Waals surface area (Å²) in [5.41, 5.74) is 3.28. The topological polar surface area (TPSA) is 26.6 Å². The smallest absolute Gasteiger partial charge is 0.158 e. The maximum absolute atomic E-state index is 6.10. The van der Waals surface area contributed by atoms with Gasteiger partial charge in [0.1, 0.15) is 5.75 Å². The van der Waals surface area contributed by atoms with Crippen LogP contribution in [0.3, 0.4) is 0 Å². The molecule has 1 aromatic heterocycles. The van der Waals surface area contributed by atoms with Gasteiger partial charge in [0.05, 0.1) is 13.7 Å². The first-order chi connectivity index (χ1) is 12.2. The molecular weight excluding hydrogens is 336 g/mol. The van der Waals surface area contributed by atoms with Crippen molar-refractivity contribution in [2.24, 2.45) is 0 Å². The number of rotatable bonds is 4. The normalized spacial score (nSPS) is 17.0. The zero-order chi connectivity index (χ0) is 17.2. The highest BCUT2D eigenvalue weighted by Crippen LogP contribution is 2.33. The van der Waals surface area contributed by atoms with Gasteiger partial charge < -0.3 is 18.9 Å². The fourth-order valence-corrected chi connectivity index (χ4v) is 3.33. The fraction of sp³-hybridized carbons (Fsp3) is 0.200. The second kappa shape index (κ2) is 6.82. The van der Waals surface area contributed by atoms with Gasteiger partial charge in [0.2, 0.25) is 0 Å². The van der Waals surface area contributed by atoms with E-state index in [-0.39, 0.29) is 6.23 Å². The van der Waals surface area contributed by atoms with Crippen molar-refractivity contribution in [3.63, 3.8) is 0 Å². The van der Waals surface area contributed by atoms with Crippen molar-refractivity contribution in [3.05, 3.63) is 77.6 Å². The third-order valence-electron chi connectivity index (χ3n) is 4.40. The summed E-state index contributed by atoms with van der Waals surface area (Å²) in [6.07, 6.45) is 4.04. The number of methoxy groups -OCH3 is 1. The van der Waals surface area contributed by atoms with Crippen LogP contribution in [0.25, 0.3) is 5.69 Å². The highest BCUT2D eigenvalue weighted by molar-refractivity contribution is 6.30. The van der Waals surface area contributed by atoms with Gasteiger partial charge in [-0.05, 0) is 48.5 Å². The molecule has 0 bridgehead atoms. The number of anilines is 1. The fourth-order valence-electron chi connectivity index (χ4n) is 3.14. The molecule has 1 aliphatic rings. The van der Waals surface area contributed by atoms with Crippen LogP contribution in [-0.2, 0) is 4.74 Å². The number of nitrogens with zero attached hydrogens (tertiary/aromatic N) is 2. The van der Waals surface area contributed by atoms with Gasteiger partial charge in [0.15, 0.2) is 6.23 Å². The van der Waals surface area contributed by atoms with Gasteiger partial charge in [-0.1, -0.05) is 17.7 Å². The van der Waals surface area contributed by atoms with Crippen molar-refractivity contribution >= 4 is 17.3 Å². The SMILES string of the molecule is COc1ccc(N2CCOC2c2ccn(-c3cccc(Cl)c3)c2)cc1. The highest BCUT2D eigenvalue weighted by atomic mass is 35.5. The molecule has 0 aliphatic carbocycles. The van der Waals surface area contributed by atoms with E-state index in [2.05, 4.69) is 33.9 Å². The van der Waals surface area contributed by atoms with Gasteiger partial charge in [-0.25, -0.2) is 0 Å². The second-order valence-electron chi connectivity index (χ2n) is 5.95. The van der Waals surface area contributed by atoms with Crippen LogP contribution in [0.2, 0.25) is 5.02 Å².